The molecule has 0 heterocycles. The Morgan fingerprint density at radius 1 is 1.21 bits per heavy atom. The molecule has 0 saturated heterocycles. The van der Waals surface area contributed by atoms with Crippen molar-refractivity contribution in [2.75, 3.05) is 18.7 Å². The predicted molar refractivity (Wildman–Crippen MR) is 95.4 cm³/mol. The first-order valence-corrected chi connectivity index (χ1v) is 9.51. The number of anilines is 2. The van der Waals surface area contributed by atoms with E-state index in [0.29, 0.717) is 29.1 Å². The number of hydrogen-bond donors (Lipinski definition) is 1. The van der Waals surface area contributed by atoms with Crippen LogP contribution in [0.25, 0.3) is 0 Å². The number of hydrogen-bond acceptors (Lipinski definition) is 5. The Bertz CT molecular complexity index is 861. The van der Waals surface area contributed by atoms with Crippen LogP contribution in [0.5, 0.6) is 5.75 Å². The summed E-state index contributed by atoms with van der Waals surface area (Å²) in [6.07, 6.45) is 1.64. The molecule has 0 bridgehead atoms. The van der Waals surface area contributed by atoms with E-state index in [2.05, 4.69) is 5.32 Å². The van der Waals surface area contributed by atoms with E-state index in [0.717, 1.165) is 6.26 Å². The molecule has 2 aromatic carbocycles. The number of methoxy groups -OCH3 is 1. The number of aryl methyl sites for hydroxylation is 1. The van der Waals surface area contributed by atoms with Crippen LogP contribution in [0.4, 0.5) is 11.4 Å². The lowest BCUT2D eigenvalue weighted by Gasteiger charge is -2.15. The molecular formula is C17H18ClNO4S. The first-order chi connectivity index (χ1) is 11.3. The number of halogens is 1. The van der Waals surface area contributed by atoms with Crippen molar-refractivity contribution >= 4 is 38.1 Å². The topological polar surface area (TPSA) is 72.5 Å². The van der Waals surface area contributed by atoms with Crippen molar-refractivity contribution in [3.8, 4) is 5.75 Å². The Kier molecular flexibility index (Phi) is 5.51. The SMILES string of the molecule is CCc1cc(Nc2ccc(OC)cc2)c(S(C)(=O)=O)cc1C(=O)Cl. The van der Waals surface area contributed by atoms with Gasteiger partial charge in [0.1, 0.15) is 5.75 Å². The molecule has 128 valence electrons. The maximum absolute atomic E-state index is 12.1. The van der Waals surface area contributed by atoms with Gasteiger partial charge in [0, 0.05) is 17.5 Å². The van der Waals surface area contributed by atoms with Crippen molar-refractivity contribution in [3.05, 3.63) is 47.5 Å². The maximum atomic E-state index is 12.1. The van der Waals surface area contributed by atoms with Gasteiger partial charge in [0.15, 0.2) is 9.84 Å². The number of carbonyl (C=O) groups is 1. The van der Waals surface area contributed by atoms with Gasteiger partial charge in [-0.1, -0.05) is 6.92 Å². The van der Waals surface area contributed by atoms with Crippen LogP contribution in [0.1, 0.15) is 22.8 Å². The molecule has 0 spiro atoms. The van der Waals surface area contributed by atoms with Crippen LogP contribution >= 0.6 is 11.6 Å². The van der Waals surface area contributed by atoms with Gasteiger partial charge in [-0.3, -0.25) is 4.79 Å². The van der Waals surface area contributed by atoms with Gasteiger partial charge in [-0.25, -0.2) is 8.42 Å². The van der Waals surface area contributed by atoms with Crippen LogP contribution in [0, 0.1) is 0 Å². The summed E-state index contributed by atoms with van der Waals surface area (Å²) in [5.74, 6) is 0.696. The predicted octanol–water partition coefficient (Wildman–Crippen LogP) is 3.78. The van der Waals surface area contributed by atoms with Gasteiger partial charge in [-0.2, -0.15) is 0 Å². The highest BCUT2D eigenvalue weighted by molar-refractivity contribution is 7.90. The summed E-state index contributed by atoms with van der Waals surface area (Å²) >= 11 is 5.59. The van der Waals surface area contributed by atoms with Gasteiger partial charge >= 0.3 is 0 Å². The number of carbonyl (C=O) groups excluding carboxylic acids is 1. The van der Waals surface area contributed by atoms with E-state index < -0.39 is 15.1 Å². The van der Waals surface area contributed by atoms with E-state index in [9.17, 15) is 13.2 Å². The third-order valence-corrected chi connectivity index (χ3v) is 4.91. The quantitative estimate of drug-likeness (QED) is 0.786. The van der Waals surface area contributed by atoms with E-state index in [4.69, 9.17) is 16.3 Å². The summed E-state index contributed by atoms with van der Waals surface area (Å²) in [4.78, 5) is 11.6. The minimum atomic E-state index is -3.55. The van der Waals surface area contributed by atoms with E-state index >= 15 is 0 Å². The molecule has 0 radical (unpaired) electrons. The molecule has 2 aromatic rings. The fraction of sp³-hybridized carbons (Fsp3) is 0.235. The molecule has 0 amide bonds. The van der Waals surface area contributed by atoms with Crippen LogP contribution in [0.3, 0.4) is 0 Å². The summed E-state index contributed by atoms with van der Waals surface area (Å²) in [5.41, 5.74) is 1.99. The molecular weight excluding hydrogens is 350 g/mol. The first-order valence-electron chi connectivity index (χ1n) is 7.24. The van der Waals surface area contributed by atoms with Gasteiger partial charge in [-0.05, 0) is 60.0 Å². The van der Waals surface area contributed by atoms with Crippen molar-refractivity contribution in [3.63, 3.8) is 0 Å². The Morgan fingerprint density at radius 2 is 1.83 bits per heavy atom. The minimum absolute atomic E-state index is 0.0273. The molecule has 0 fully saturated rings. The van der Waals surface area contributed by atoms with Gasteiger partial charge in [0.05, 0.1) is 17.7 Å². The molecule has 5 nitrogen and oxygen atoms in total. The highest BCUT2D eigenvalue weighted by atomic mass is 35.5. The second kappa shape index (κ2) is 7.23. The summed E-state index contributed by atoms with van der Waals surface area (Å²) < 4.78 is 29.3. The standard InChI is InChI=1S/C17H18ClNO4S/c1-4-11-9-15(19-12-5-7-13(23-2)8-6-12)16(24(3,21)22)10-14(11)17(18)20/h5-10,19H,4H2,1-3H3. The third kappa shape index (κ3) is 4.07. The summed E-state index contributed by atoms with van der Waals surface area (Å²) in [6, 6.07) is 10.1. The second-order valence-electron chi connectivity index (χ2n) is 5.26. The average Bonchev–Trinajstić information content (AvgIpc) is 2.53. The molecule has 0 saturated carbocycles. The molecule has 7 heteroatoms. The van der Waals surface area contributed by atoms with Gasteiger partial charge in [-0.15, -0.1) is 0 Å². The van der Waals surface area contributed by atoms with Crippen molar-refractivity contribution in [2.45, 2.75) is 18.2 Å². The Labute approximate surface area is 146 Å². The van der Waals surface area contributed by atoms with Crippen LogP contribution in [0.15, 0.2) is 41.3 Å². The number of rotatable bonds is 6. The van der Waals surface area contributed by atoms with Crippen LogP contribution in [-0.2, 0) is 16.3 Å². The lowest BCUT2D eigenvalue weighted by atomic mass is 10.0. The van der Waals surface area contributed by atoms with Crippen molar-refractivity contribution < 1.29 is 17.9 Å². The summed E-state index contributed by atoms with van der Waals surface area (Å²) in [6.45, 7) is 1.87. The second-order valence-corrected chi connectivity index (χ2v) is 7.59. The molecule has 0 aliphatic rings. The first kappa shape index (κ1) is 18.3. The third-order valence-electron chi connectivity index (χ3n) is 3.57. The van der Waals surface area contributed by atoms with Crippen LogP contribution in [-0.4, -0.2) is 27.0 Å². The summed E-state index contributed by atoms with van der Waals surface area (Å²) in [7, 11) is -1.98. The number of ether oxygens (including phenoxy) is 1. The van der Waals surface area contributed by atoms with Crippen LogP contribution in [0.2, 0.25) is 0 Å². The molecule has 0 aliphatic heterocycles. The number of benzene rings is 2. The van der Waals surface area contributed by atoms with E-state index in [-0.39, 0.29) is 10.5 Å². The van der Waals surface area contributed by atoms with Crippen molar-refractivity contribution in [1.29, 1.82) is 0 Å². The largest absolute Gasteiger partial charge is 0.497 e. The molecule has 2 rings (SSSR count). The molecule has 0 aliphatic carbocycles. The Hall–Kier alpha value is -2.05. The summed E-state index contributed by atoms with van der Waals surface area (Å²) in [5, 5.41) is 2.41. The Balaban J connectivity index is 2.56. The highest BCUT2D eigenvalue weighted by Gasteiger charge is 2.19. The molecule has 0 unspecified atom stereocenters. The molecule has 0 aromatic heterocycles. The molecule has 1 N–H and O–H groups in total. The monoisotopic (exact) mass is 367 g/mol. The van der Waals surface area contributed by atoms with Crippen molar-refractivity contribution in [2.24, 2.45) is 0 Å². The average molecular weight is 368 g/mol. The van der Waals surface area contributed by atoms with Crippen molar-refractivity contribution in [1.82, 2.24) is 0 Å². The lowest BCUT2D eigenvalue weighted by Crippen LogP contribution is -2.07. The number of sulfone groups is 1. The zero-order valence-electron chi connectivity index (χ0n) is 13.6. The fourth-order valence-electron chi connectivity index (χ4n) is 2.33. The van der Waals surface area contributed by atoms with E-state index in [1.807, 2.05) is 6.92 Å². The van der Waals surface area contributed by atoms with Gasteiger partial charge < -0.3 is 10.1 Å². The number of nitrogens with one attached hydrogen (secondary N) is 1. The molecule has 0 atom stereocenters. The zero-order chi connectivity index (χ0) is 17.9. The van der Waals surface area contributed by atoms with E-state index in [1.54, 1.807) is 37.4 Å². The smallest absolute Gasteiger partial charge is 0.252 e. The van der Waals surface area contributed by atoms with Crippen LogP contribution < -0.4 is 10.1 Å². The van der Waals surface area contributed by atoms with Gasteiger partial charge in [0.2, 0.25) is 0 Å². The lowest BCUT2D eigenvalue weighted by molar-refractivity contribution is 0.108. The van der Waals surface area contributed by atoms with E-state index in [1.165, 1.54) is 6.07 Å². The zero-order valence-corrected chi connectivity index (χ0v) is 15.2. The maximum Gasteiger partial charge on any atom is 0.252 e. The highest BCUT2D eigenvalue weighted by Crippen LogP contribution is 2.30. The minimum Gasteiger partial charge on any atom is -0.497 e. The van der Waals surface area contributed by atoms with Gasteiger partial charge in [0.25, 0.3) is 5.24 Å². The normalized spacial score (nSPS) is 11.2. The fourth-order valence-corrected chi connectivity index (χ4v) is 3.35. The molecule has 24 heavy (non-hydrogen) atoms. The Morgan fingerprint density at radius 3 is 2.29 bits per heavy atom.